The Bertz CT molecular complexity index is 2600. The number of rotatable bonds is 14. The minimum atomic E-state index is -4.87. The maximum atomic E-state index is 14.2. The number of ether oxygens (including phenoxy) is 1. The van der Waals surface area contributed by atoms with Crippen LogP contribution < -0.4 is 10.6 Å². The number of halogens is 8. The van der Waals surface area contributed by atoms with Crippen LogP contribution in [0.25, 0.3) is 22.2 Å². The molecule has 2 fully saturated rings. The minimum Gasteiger partial charge on any atom is -0.376 e. The third kappa shape index (κ3) is 8.88. The van der Waals surface area contributed by atoms with Gasteiger partial charge in [0, 0.05) is 25.0 Å². The summed E-state index contributed by atoms with van der Waals surface area (Å²) in [5.41, 5.74) is -1.22. The molecule has 6 aromatic heterocycles. The van der Waals surface area contributed by atoms with E-state index in [1.54, 1.807) is 13.0 Å². The second kappa shape index (κ2) is 17.1. The van der Waals surface area contributed by atoms with E-state index >= 15 is 0 Å². The number of hydrogen-bond donors (Lipinski definition) is 2. The number of carbonyl (C=O) groups is 2. The lowest BCUT2D eigenvalue weighted by atomic mass is 10.0. The molecule has 8 rings (SSSR count). The van der Waals surface area contributed by atoms with Gasteiger partial charge in [0.25, 0.3) is 24.7 Å². The number of aromatic nitrogens is 10. The van der Waals surface area contributed by atoms with Crippen molar-refractivity contribution in [1.29, 1.82) is 0 Å². The van der Waals surface area contributed by atoms with Gasteiger partial charge in [0.2, 0.25) is 0 Å². The van der Waals surface area contributed by atoms with Crippen LogP contribution in [0.3, 0.4) is 0 Å². The number of aryl methyl sites for hydroxylation is 1. The summed E-state index contributed by atoms with van der Waals surface area (Å²) in [6.45, 7) is 3.08. The first kappa shape index (κ1) is 42.8. The van der Waals surface area contributed by atoms with Crippen molar-refractivity contribution < 1.29 is 45.1 Å². The van der Waals surface area contributed by atoms with E-state index in [0.29, 0.717) is 59.6 Å². The van der Waals surface area contributed by atoms with Gasteiger partial charge in [-0.2, -0.15) is 13.2 Å². The molecule has 0 spiro atoms. The Labute approximate surface area is 351 Å². The monoisotopic (exact) mass is 888 g/mol. The Kier molecular flexibility index (Phi) is 11.8. The van der Waals surface area contributed by atoms with Crippen LogP contribution in [0.4, 0.5) is 30.7 Å². The smallest absolute Gasteiger partial charge is 0.376 e. The largest absolute Gasteiger partial charge is 0.433 e. The number of amides is 2. The second-order valence-electron chi connectivity index (χ2n) is 15.2. The average molecular weight is 889 g/mol. The van der Waals surface area contributed by atoms with Crippen molar-refractivity contribution >= 4 is 45.6 Å². The number of imidazole rings is 2. The first-order chi connectivity index (χ1) is 29.5. The van der Waals surface area contributed by atoms with Crippen LogP contribution >= 0.6 is 11.6 Å². The van der Waals surface area contributed by atoms with Gasteiger partial charge in [0.15, 0.2) is 5.65 Å². The van der Waals surface area contributed by atoms with E-state index in [2.05, 4.69) is 45.5 Å². The van der Waals surface area contributed by atoms with Crippen LogP contribution in [0.2, 0.25) is 5.02 Å². The molecular weight excluding hydrogens is 853 g/mol. The molecule has 2 amide bonds. The quantitative estimate of drug-likeness (QED) is 0.104. The fraction of sp³-hybridized carbons (Fsp3) is 0.436. The summed E-state index contributed by atoms with van der Waals surface area (Å²) in [5.74, 6) is -2.01. The Morgan fingerprint density at radius 2 is 1.58 bits per heavy atom. The molecular formula is C39H36ClF7N12O3. The fourth-order valence-electron chi connectivity index (χ4n) is 7.95. The summed E-state index contributed by atoms with van der Waals surface area (Å²) >= 11 is 6.35. The number of nitrogens with one attached hydrogen (secondary N) is 2. The molecule has 2 N–H and O–H groups in total. The average Bonchev–Trinajstić information content (AvgIpc) is 3.52. The summed E-state index contributed by atoms with van der Waals surface area (Å²) in [4.78, 5) is 60.4. The molecule has 0 radical (unpaired) electrons. The fourth-order valence-corrected chi connectivity index (χ4v) is 8.10. The summed E-state index contributed by atoms with van der Waals surface area (Å²) < 4.78 is 105. The van der Waals surface area contributed by atoms with Crippen LogP contribution in [0.5, 0.6) is 0 Å². The lowest BCUT2D eigenvalue weighted by molar-refractivity contribution is -0.141. The molecule has 326 valence electrons. The van der Waals surface area contributed by atoms with E-state index in [1.807, 2.05) is 11.5 Å². The standard InChI is InChI=1S/C39H36ClF7N12O3/c1-17-10-49-25(13-48-17)38(61)57-32(28-4-3-5-62-28)36-55-23-8-20(40)11-53-34(23)59(36)18(2)6-19-7-21(19)31(56-37(60)26-14-50-24(12-51-26)33(43)44)35-54-22-9-29(39(45,46)47)52-15-27(22)58(35)16-30(41)42/h8-15,18-19,21,28,30-33H,3-7,16H2,1-2H3,(H,56,60)(H,57,61)/t18?,19?,21?,28-,31+,32+/m1/s1. The van der Waals surface area contributed by atoms with Crippen molar-refractivity contribution in [3.05, 3.63) is 94.5 Å². The number of alkyl halides is 7. The van der Waals surface area contributed by atoms with Crippen LogP contribution in [-0.4, -0.2) is 80.0 Å². The van der Waals surface area contributed by atoms with Gasteiger partial charge in [-0.3, -0.25) is 19.6 Å². The number of hydrogen-bond acceptors (Lipinski definition) is 11. The molecule has 6 aromatic rings. The van der Waals surface area contributed by atoms with Crippen LogP contribution in [0, 0.1) is 18.8 Å². The summed E-state index contributed by atoms with van der Waals surface area (Å²) in [6, 6.07) is -0.165. The highest BCUT2D eigenvalue weighted by Gasteiger charge is 2.48. The molecule has 1 aliphatic heterocycles. The van der Waals surface area contributed by atoms with E-state index in [0.717, 1.165) is 29.6 Å². The number of pyridine rings is 2. The van der Waals surface area contributed by atoms with Gasteiger partial charge in [0.05, 0.1) is 65.2 Å². The van der Waals surface area contributed by atoms with Crippen LogP contribution in [0.15, 0.2) is 49.3 Å². The lowest BCUT2D eigenvalue weighted by Crippen LogP contribution is -2.38. The minimum absolute atomic E-state index is 0.0728. The molecule has 1 saturated carbocycles. The first-order valence-corrected chi connectivity index (χ1v) is 19.8. The summed E-state index contributed by atoms with van der Waals surface area (Å²) in [6.07, 6.45) is -2.61. The Balaban J connectivity index is 1.15. The normalized spacial score (nSPS) is 19.3. The Morgan fingerprint density at radius 3 is 2.21 bits per heavy atom. The van der Waals surface area contributed by atoms with Crippen LogP contribution in [0.1, 0.15) is 107 Å². The molecule has 1 saturated heterocycles. The van der Waals surface area contributed by atoms with Gasteiger partial charge in [-0.1, -0.05) is 11.6 Å². The Hall–Kier alpha value is -5.90. The topological polar surface area (TPSA) is 180 Å². The van der Waals surface area contributed by atoms with Crippen molar-refractivity contribution in [3.8, 4) is 0 Å². The predicted molar refractivity (Wildman–Crippen MR) is 205 cm³/mol. The number of fused-ring (bicyclic) bond motifs is 2. The maximum Gasteiger partial charge on any atom is 0.433 e. The molecule has 15 nitrogen and oxygen atoms in total. The molecule has 6 atom stereocenters. The second-order valence-corrected chi connectivity index (χ2v) is 15.7. The van der Waals surface area contributed by atoms with Gasteiger partial charge in [-0.25, -0.2) is 47.5 Å². The Morgan fingerprint density at radius 1 is 0.871 bits per heavy atom. The van der Waals surface area contributed by atoms with Gasteiger partial charge in [0.1, 0.15) is 46.0 Å². The molecule has 0 bridgehead atoms. The van der Waals surface area contributed by atoms with Crippen molar-refractivity contribution in [2.45, 2.75) is 89.3 Å². The zero-order chi connectivity index (χ0) is 44.0. The van der Waals surface area contributed by atoms with Gasteiger partial charge in [-0.05, 0) is 63.5 Å². The third-order valence-corrected chi connectivity index (χ3v) is 11.1. The third-order valence-electron chi connectivity index (χ3n) is 10.9. The number of nitrogens with zero attached hydrogens (tertiary/aromatic N) is 10. The van der Waals surface area contributed by atoms with E-state index < -0.39 is 78.9 Å². The molecule has 23 heteroatoms. The molecule has 2 aliphatic rings. The number of carbonyl (C=O) groups excluding carboxylic acids is 2. The predicted octanol–water partition coefficient (Wildman–Crippen LogP) is 7.35. The van der Waals surface area contributed by atoms with Crippen LogP contribution in [-0.2, 0) is 17.5 Å². The van der Waals surface area contributed by atoms with Crippen molar-refractivity contribution in [3.63, 3.8) is 0 Å². The first-order valence-electron chi connectivity index (χ1n) is 19.4. The zero-order valence-electron chi connectivity index (χ0n) is 32.7. The molecule has 0 aromatic carbocycles. The van der Waals surface area contributed by atoms with E-state index in [4.69, 9.17) is 21.3 Å². The van der Waals surface area contributed by atoms with E-state index in [1.165, 1.54) is 18.6 Å². The molecule has 7 heterocycles. The molecule has 3 unspecified atom stereocenters. The molecule has 62 heavy (non-hydrogen) atoms. The van der Waals surface area contributed by atoms with Crippen molar-refractivity contribution in [2.75, 3.05) is 6.61 Å². The SMILES string of the molecule is Cc1cnc(C(=O)N[C@H](c2nc3cc(Cl)cnc3n2C(C)CC2CC2[C@H](NC(=O)c2cnc(C(F)F)cn2)c2nc3cc(C(F)(F)F)ncc3n2CC(F)F)[C@H]2CCCO2)cn1. The highest BCUT2D eigenvalue weighted by molar-refractivity contribution is 6.31. The summed E-state index contributed by atoms with van der Waals surface area (Å²) in [5, 5.41) is 6.09. The van der Waals surface area contributed by atoms with Gasteiger partial charge in [-0.15, -0.1) is 0 Å². The van der Waals surface area contributed by atoms with Gasteiger partial charge < -0.3 is 24.5 Å². The maximum absolute atomic E-state index is 14.2. The zero-order valence-corrected chi connectivity index (χ0v) is 33.5. The van der Waals surface area contributed by atoms with E-state index in [-0.39, 0.29) is 34.2 Å². The van der Waals surface area contributed by atoms with Crippen molar-refractivity contribution in [1.82, 2.24) is 59.6 Å². The summed E-state index contributed by atoms with van der Waals surface area (Å²) in [7, 11) is 0. The molecule has 1 aliphatic carbocycles. The van der Waals surface area contributed by atoms with Crippen molar-refractivity contribution in [2.24, 2.45) is 11.8 Å². The highest BCUT2D eigenvalue weighted by Crippen LogP contribution is 2.52. The van der Waals surface area contributed by atoms with E-state index in [9.17, 15) is 40.3 Å². The lowest BCUT2D eigenvalue weighted by Gasteiger charge is -2.27. The highest BCUT2D eigenvalue weighted by atomic mass is 35.5. The van der Waals surface area contributed by atoms with Gasteiger partial charge >= 0.3 is 6.18 Å².